The van der Waals surface area contributed by atoms with Crippen molar-refractivity contribution >= 4 is 5.78 Å². The fourth-order valence-corrected chi connectivity index (χ4v) is 1.68. The van der Waals surface area contributed by atoms with E-state index in [0.717, 1.165) is 12.1 Å². The number of hydrogen-bond acceptors (Lipinski definition) is 3. The SMILES string of the molecule is CCC(C)n1ccc(CC(=O)C(N)C(C)(C)C)n1. The van der Waals surface area contributed by atoms with Crippen LogP contribution in [0.15, 0.2) is 12.3 Å². The number of Topliss-reactive ketones (excluding diaryl/α,β-unsaturated/α-hetero) is 1. The average molecular weight is 251 g/mol. The van der Waals surface area contributed by atoms with Crippen molar-refractivity contribution in [2.75, 3.05) is 0 Å². The van der Waals surface area contributed by atoms with Gasteiger partial charge in [0.15, 0.2) is 5.78 Å². The number of hydrogen-bond donors (Lipinski definition) is 1. The van der Waals surface area contributed by atoms with Crippen molar-refractivity contribution in [3.8, 4) is 0 Å². The molecule has 0 spiro atoms. The number of carbonyl (C=O) groups excluding carboxylic acids is 1. The summed E-state index contributed by atoms with van der Waals surface area (Å²) < 4.78 is 1.91. The van der Waals surface area contributed by atoms with Crippen LogP contribution in [0.5, 0.6) is 0 Å². The highest BCUT2D eigenvalue weighted by atomic mass is 16.1. The number of ketones is 1. The molecule has 1 heterocycles. The molecule has 1 aromatic rings. The van der Waals surface area contributed by atoms with Crippen molar-refractivity contribution in [2.45, 2.75) is 59.5 Å². The van der Waals surface area contributed by atoms with E-state index >= 15 is 0 Å². The van der Waals surface area contributed by atoms with E-state index < -0.39 is 6.04 Å². The minimum Gasteiger partial charge on any atom is -0.321 e. The molecule has 0 saturated heterocycles. The molecule has 4 heteroatoms. The van der Waals surface area contributed by atoms with Crippen molar-refractivity contribution < 1.29 is 4.79 Å². The number of rotatable bonds is 5. The zero-order valence-electron chi connectivity index (χ0n) is 12.1. The monoisotopic (exact) mass is 251 g/mol. The Balaban J connectivity index is 2.68. The first-order chi connectivity index (χ1) is 8.25. The van der Waals surface area contributed by atoms with E-state index in [2.05, 4.69) is 18.9 Å². The maximum absolute atomic E-state index is 12.0. The second-order valence-corrected chi connectivity index (χ2v) is 6.03. The molecular formula is C14H25N3O. The smallest absolute Gasteiger partial charge is 0.156 e. The van der Waals surface area contributed by atoms with Crippen LogP contribution in [-0.2, 0) is 11.2 Å². The first-order valence-electron chi connectivity index (χ1n) is 6.58. The van der Waals surface area contributed by atoms with Crippen molar-refractivity contribution in [1.82, 2.24) is 9.78 Å². The van der Waals surface area contributed by atoms with Crippen molar-refractivity contribution in [3.63, 3.8) is 0 Å². The molecule has 0 aliphatic heterocycles. The van der Waals surface area contributed by atoms with Crippen molar-refractivity contribution in [1.29, 1.82) is 0 Å². The molecule has 0 bridgehead atoms. The third-order valence-corrected chi connectivity index (χ3v) is 3.34. The minimum absolute atomic E-state index is 0.0527. The van der Waals surface area contributed by atoms with Crippen LogP contribution < -0.4 is 5.73 Å². The molecule has 0 fully saturated rings. The summed E-state index contributed by atoms with van der Waals surface area (Å²) in [4.78, 5) is 12.0. The summed E-state index contributed by atoms with van der Waals surface area (Å²) in [6, 6.07) is 1.83. The number of nitrogens with zero attached hydrogens (tertiary/aromatic N) is 2. The first-order valence-corrected chi connectivity index (χ1v) is 6.58. The Morgan fingerprint density at radius 2 is 2.11 bits per heavy atom. The zero-order valence-corrected chi connectivity index (χ0v) is 12.1. The molecule has 2 atom stereocenters. The van der Waals surface area contributed by atoms with Gasteiger partial charge in [0.05, 0.1) is 18.2 Å². The quantitative estimate of drug-likeness (QED) is 0.873. The molecule has 1 aromatic heterocycles. The number of aromatic nitrogens is 2. The number of carbonyl (C=O) groups is 1. The predicted octanol–water partition coefficient (Wildman–Crippen LogP) is 2.34. The van der Waals surface area contributed by atoms with E-state index in [1.165, 1.54) is 0 Å². The van der Waals surface area contributed by atoms with Crippen LogP contribution in [0.25, 0.3) is 0 Å². The third-order valence-electron chi connectivity index (χ3n) is 3.34. The van der Waals surface area contributed by atoms with Gasteiger partial charge in [0, 0.05) is 12.2 Å². The lowest BCUT2D eigenvalue weighted by molar-refractivity contribution is -0.121. The molecule has 0 amide bonds. The zero-order chi connectivity index (χ0) is 13.9. The fraction of sp³-hybridized carbons (Fsp3) is 0.714. The summed E-state index contributed by atoms with van der Waals surface area (Å²) >= 11 is 0. The van der Waals surface area contributed by atoms with Gasteiger partial charge in [-0.05, 0) is 24.8 Å². The van der Waals surface area contributed by atoms with Gasteiger partial charge in [0.25, 0.3) is 0 Å². The van der Waals surface area contributed by atoms with Gasteiger partial charge < -0.3 is 5.73 Å². The van der Waals surface area contributed by atoms with Crippen LogP contribution in [0.3, 0.4) is 0 Å². The van der Waals surface area contributed by atoms with Crippen LogP contribution in [-0.4, -0.2) is 21.6 Å². The summed E-state index contributed by atoms with van der Waals surface area (Å²) in [5, 5.41) is 4.43. The van der Waals surface area contributed by atoms with Gasteiger partial charge in [-0.2, -0.15) is 5.10 Å². The molecule has 102 valence electrons. The van der Waals surface area contributed by atoms with Gasteiger partial charge in [0.1, 0.15) is 0 Å². The van der Waals surface area contributed by atoms with Crippen LogP contribution in [0.2, 0.25) is 0 Å². The molecular weight excluding hydrogens is 226 g/mol. The first kappa shape index (κ1) is 14.9. The Kier molecular flexibility index (Phi) is 4.68. The van der Waals surface area contributed by atoms with Crippen LogP contribution in [0.4, 0.5) is 0 Å². The lowest BCUT2D eigenvalue weighted by Gasteiger charge is -2.25. The highest BCUT2D eigenvalue weighted by molar-refractivity contribution is 5.86. The normalized spacial score (nSPS) is 15.4. The molecule has 4 nitrogen and oxygen atoms in total. The molecule has 0 saturated carbocycles. The topological polar surface area (TPSA) is 60.9 Å². The van der Waals surface area contributed by atoms with E-state index in [-0.39, 0.29) is 11.2 Å². The average Bonchev–Trinajstić information content (AvgIpc) is 2.74. The van der Waals surface area contributed by atoms with E-state index in [0.29, 0.717) is 12.5 Å². The Bertz CT molecular complexity index is 403. The molecule has 18 heavy (non-hydrogen) atoms. The molecule has 2 unspecified atom stereocenters. The Hall–Kier alpha value is -1.16. The highest BCUT2D eigenvalue weighted by Gasteiger charge is 2.27. The van der Waals surface area contributed by atoms with Gasteiger partial charge in [0.2, 0.25) is 0 Å². The van der Waals surface area contributed by atoms with Gasteiger partial charge in [-0.25, -0.2) is 0 Å². The fourth-order valence-electron chi connectivity index (χ4n) is 1.68. The Labute approximate surface area is 110 Å². The van der Waals surface area contributed by atoms with Gasteiger partial charge in [-0.3, -0.25) is 9.48 Å². The maximum atomic E-state index is 12.0. The third kappa shape index (κ3) is 3.67. The van der Waals surface area contributed by atoms with E-state index in [1.807, 2.05) is 37.7 Å². The van der Waals surface area contributed by atoms with Crippen molar-refractivity contribution in [3.05, 3.63) is 18.0 Å². The second-order valence-electron chi connectivity index (χ2n) is 6.03. The van der Waals surface area contributed by atoms with Gasteiger partial charge in [-0.1, -0.05) is 27.7 Å². The van der Waals surface area contributed by atoms with Crippen LogP contribution in [0, 0.1) is 5.41 Å². The molecule has 2 N–H and O–H groups in total. The largest absolute Gasteiger partial charge is 0.321 e. The van der Waals surface area contributed by atoms with Crippen molar-refractivity contribution in [2.24, 2.45) is 11.1 Å². The van der Waals surface area contributed by atoms with Crippen LogP contribution in [0.1, 0.15) is 52.8 Å². The van der Waals surface area contributed by atoms with Gasteiger partial charge in [-0.15, -0.1) is 0 Å². The van der Waals surface area contributed by atoms with E-state index in [1.54, 1.807) is 0 Å². The highest BCUT2D eigenvalue weighted by Crippen LogP contribution is 2.19. The second kappa shape index (κ2) is 5.65. The minimum atomic E-state index is -0.439. The Morgan fingerprint density at radius 3 is 2.61 bits per heavy atom. The Morgan fingerprint density at radius 1 is 1.50 bits per heavy atom. The summed E-state index contributed by atoms with van der Waals surface area (Å²) in [6.07, 6.45) is 3.28. The standard InChI is InChI=1S/C14H25N3O/c1-6-10(2)17-8-7-11(16-17)9-12(18)13(15)14(3,4)5/h7-8,10,13H,6,9,15H2,1-5H3. The lowest BCUT2D eigenvalue weighted by Crippen LogP contribution is -2.43. The molecule has 0 aliphatic rings. The van der Waals surface area contributed by atoms with Crippen LogP contribution >= 0.6 is 0 Å². The van der Waals surface area contributed by atoms with E-state index in [4.69, 9.17) is 5.73 Å². The summed E-state index contributed by atoms with van der Waals surface area (Å²) in [6.45, 7) is 10.2. The van der Waals surface area contributed by atoms with Gasteiger partial charge >= 0.3 is 0 Å². The lowest BCUT2D eigenvalue weighted by atomic mass is 9.84. The molecule has 0 aromatic carbocycles. The number of nitrogens with two attached hydrogens (primary N) is 1. The van der Waals surface area contributed by atoms with E-state index in [9.17, 15) is 4.79 Å². The molecule has 1 rings (SSSR count). The predicted molar refractivity (Wildman–Crippen MR) is 73.4 cm³/mol. The summed E-state index contributed by atoms with van der Waals surface area (Å²) in [5.74, 6) is 0.0527. The maximum Gasteiger partial charge on any atom is 0.156 e. The molecule has 0 radical (unpaired) electrons. The summed E-state index contributed by atoms with van der Waals surface area (Å²) in [5.41, 5.74) is 6.56. The summed E-state index contributed by atoms with van der Waals surface area (Å²) in [7, 11) is 0. The molecule has 0 aliphatic carbocycles.